The molecule has 0 spiro atoms. The summed E-state index contributed by atoms with van der Waals surface area (Å²) in [4.78, 5) is 27.2. The molecule has 114 valence electrons. The van der Waals surface area contributed by atoms with Crippen LogP contribution in [0, 0.1) is 5.92 Å². The molecular weight excluding hydrogens is 272 g/mol. The molecule has 1 fully saturated rings. The van der Waals surface area contributed by atoms with Crippen molar-refractivity contribution in [2.75, 3.05) is 13.2 Å². The minimum Gasteiger partial charge on any atom is -0.480 e. The number of nitrogens with one attached hydrogen (secondary N) is 1. The van der Waals surface area contributed by atoms with Gasteiger partial charge in [0.1, 0.15) is 6.04 Å². The van der Waals surface area contributed by atoms with Gasteiger partial charge in [0.15, 0.2) is 0 Å². The lowest BCUT2D eigenvalue weighted by atomic mass is 9.96. The van der Waals surface area contributed by atoms with E-state index in [9.17, 15) is 14.7 Å². The maximum absolute atomic E-state index is 12.0. The third kappa shape index (κ3) is 5.15. The van der Waals surface area contributed by atoms with Crippen LogP contribution in [-0.2, 0) is 20.7 Å². The zero-order chi connectivity index (χ0) is 15.1. The van der Waals surface area contributed by atoms with Crippen LogP contribution in [0.1, 0.15) is 24.8 Å². The van der Waals surface area contributed by atoms with Crippen molar-refractivity contribution in [1.82, 2.24) is 10.3 Å². The fourth-order valence-electron chi connectivity index (χ4n) is 2.42. The molecule has 1 aliphatic heterocycles. The van der Waals surface area contributed by atoms with E-state index in [-0.39, 0.29) is 18.2 Å². The standard InChI is InChI=1S/C15H20N2O4/c18-14(10-12-3-7-21-8-4-12)17-13(15(19)20)9-11-1-5-16-6-2-11/h1-2,5-6,12-13H,3-4,7-10H2,(H,17,18)(H,19,20). The first kappa shape index (κ1) is 15.4. The van der Waals surface area contributed by atoms with Crippen molar-refractivity contribution < 1.29 is 19.4 Å². The van der Waals surface area contributed by atoms with E-state index in [0.717, 1.165) is 18.4 Å². The van der Waals surface area contributed by atoms with Crippen LogP contribution in [0.3, 0.4) is 0 Å². The van der Waals surface area contributed by atoms with Gasteiger partial charge in [-0.3, -0.25) is 9.78 Å². The highest BCUT2D eigenvalue weighted by Crippen LogP contribution is 2.18. The van der Waals surface area contributed by atoms with Crippen LogP contribution >= 0.6 is 0 Å². The number of nitrogens with zero attached hydrogens (tertiary/aromatic N) is 1. The Morgan fingerprint density at radius 3 is 2.62 bits per heavy atom. The quantitative estimate of drug-likeness (QED) is 0.817. The molecule has 1 aliphatic rings. The molecule has 6 nitrogen and oxygen atoms in total. The fourth-order valence-corrected chi connectivity index (χ4v) is 2.42. The van der Waals surface area contributed by atoms with Gasteiger partial charge in [-0.2, -0.15) is 0 Å². The summed E-state index contributed by atoms with van der Waals surface area (Å²) in [5, 5.41) is 11.9. The number of rotatable bonds is 6. The molecule has 1 unspecified atom stereocenters. The lowest BCUT2D eigenvalue weighted by Crippen LogP contribution is -2.43. The van der Waals surface area contributed by atoms with Crippen LogP contribution in [0.4, 0.5) is 0 Å². The Bertz CT molecular complexity index is 472. The Kier molecular flexibility index (Phi) is 5.68. The van der Waals surface area contributed by atoms with Gasteiger partial charge in [-0.1, -0.05) is 0 Å². The maximum atomic E-state index is 12.0. The summed E-state index contributed by atoms with van der Waals surface area (Å²) in [6.45, 7) is 1.36. The van der Waals surface area contributed by atoms with E-state index in [1.54, 1.807) is 24.5 Å². The van der Waals surface area contributed by atoms with Crippen LogP contribution in [0.15, 0.2) is 24.5 Å². The van der Waals surface area contributed by atoms with Crippen molar-refractivity contribution in [3.05, 3.63) is 30.1 Å². The highest BCUT2D eigenvalue weighted by atomic mass is 16.5. The van der Waals surface area contributed by atoms with Gasteiger partial charge in [0.25, 0.3) is 0 Å². The van der Waals surface area contributed by atoms with Gasteiger partial charge >= 0.3 is 5.97 Å². The van der Waals surface area contributed by atoms with Crippen LogP contribution in [0.2, 0.25) is 0 Å². The first-order valence-electron chi connectivity index (χ1n) is 7.14. The van der Waals surface area contributed by atoms with Gasteiger partial charge < -0.3 is 15.2 Å². The van der Waals surface area contributed by atoms with Crippen molar-refractivity contribution in [2.24, 2.45) is 5.92 Å². The minimum atomic E-state index is -1.02. The van der Waals surface area contributed by atoms with Gasteiger partial charge in [-0.15, -0.1) is 0 Å². The summed E-state index contributed by atoms with van der Waals surface area (Å²) in [7, 11) is 0. The second-order valence-electron chi connectivity index (χ2n) is 5.28. The molecule has 1 saturated heterocycles. The molecule has 0 aliphatic carbocycles. The Morgan fingerprint density at radius 2 is 2.00 bits per heavy atom. The lowest BCUT2D eigenvalue weighted by molar-refractivity contribution is -0.142. The molecule has 0 bridgehead atoms. The monoisotopic (exact) mass is 292 g/mol. The zero-order valence-electron chi connectivity index (χ0n) is 11.8. The number of carboxylic acids is 1. The summed E-state index contributed by atoms with van der Waals surface area (Å²) < 4.78 is 5.25. The third-order valence-electron chi connectivity index (χ3n) is 3.64. The Labute approximate surface area is 123 Å². The maximum Gasteiger partial charge on any atom is 0.326 e. The van der Waals surface area contributed by atoms with E-state index in [4.69, 9.17) is 4.74 Å². The van der Waals surface area contributed by atoms with Crippen molar-refractivity contribution in [3.63, 3.8) is 0 Å². The predicted octanol–water partition coefficient (Wildman–Crippen LogP) is 1.01. The van der Waals surface area contributed by atoms with E-state index in [1.165, 1.54) is 0 Å². The summed E-state index contributed by atoms with van der Waals surface area (Å²) in [6, 6.07) is 2.60. The number of pyridine rings is 1. The second-order valence-corrected chi connectivity index (χ2v) is 5.28. The van der Waals surface area contributed by atoms with E-state index in [0.29, 0.717) is 19.6 Å². The van der Waals surface area contributed by atoms with Crippen molar-refractivity contribution in [3.8, 4) is 0 Å². The van der Waals surface area contributed by atoms with Gasteiger partial charge in [0, 0.05) is 38.4 Å². The average Bonchev–Trinajstić information content (AvgIpc) is 2.48. The number of hydrogen-bond acceptors (Lipinski definition) is 4. The number of aliphatic carboxylic acids is 1. The fraction of sp³-hybridized carbons (Fsp3) is 0.533. The minimum absolute atomic E-state index is 0.205. The summed E-state index contributed by atoms with van der Waals surface area (Å²) in [6.07, 6.45) is 5.56. The Balaban J connectivity index is 1.86. The van der Waals surface area contributed by atoms with E-state index >= 15 is 0 Å². The largest absolute Gasteiger partial charge is 0.480 e. The number of hydrogen-bond donors (Lipinski definition) is 2. The molecule has 21 heavy (non-hydrogen) atoms. The number of carboxylic acid groups (broad SMARTS) is 1. The van der Waals surface area contributed by atoms with Gasteiger partial charge in [-0.25, -0.2) is 4.79 Å². The number of aromatic nitrogens is 1. The van der Waals surface area contributed by atoms with Gasteiger partial charge in [0.2, 0.25) is 5.91 Å². The first-order valence-corrected chi connectivity index (χ1v) is 7.14. The van der Waals surface area contributed by atoms with E-state index < -0.39 is 12.0 Å². The normalized spacial score (nSPS) is 17.1. The van der Waals surface area contributed by atoms with Crippen LogP contribution in [0.25, 0.3) is 0 Å². The van der Waals surface area contributed by atoms with Gasteiger partial charge in [-0.05, 0) is 36.5 Å². The van der Waals surface area contributed by atoms with Crippen LogP contribution in [-0.4, -0.2) is 41.2 Å². The molecule has 1 atom stereocenters. The summed E-state index contributed by atoms with van der Waals surface area (Å²) >= 11 is 0. The number of amides is 1. The number of carbonyl (C=O) groups excluding carboxylic acids is 1. The first-order chi connectivity index (χ1) is 10.1. The third-order valence-corrected chi connectivity index (χ3v) is 3.64. The van der Waals surface area contributed by atoms with Crippen LogP contribution < -0.4 is 5.32 Å². The van der Waals surface area contributed by atoms with Crippen molar-refractivity contribution >= 4 is 11.9 Å². The smallest absolute Gasteiger partial charge is 0.326 e. The molecule has 1 aromatic rings. The molecule has 6 heteroatoms. The molecule has 1 amide bonds. The highest BCUT2D eigenvalue weighted by molar-refractivity contribution is 5.83. The topological polar surface area (TPSA) is 88.5 Å². The van der Waals surface area contributed by atoms with E-state index in [2.05, 4.69) is 10.3 Å². The molecular formula is C15H20N2O4. The molecule has 0 radical (unpaired) electrons. The van der Waals surface area contributed by atoms with E-state index in [1.807, 2.05) is 0 Å². The lowest BCUT2D eigenvalue weighted by Gasteiger charge is -2.22. The Morgan fingerprint density at radius 1 is 1.33 bits per heavy atom. The van der Waals surface area contributed by atoms with Crippen molar-refractivity contribution in [1.29, 1.82) is 0 Å². The summed E-state index contributed by atoms with van der Waals surface area (Å²) in [5.41, 5.74) is 0.837. The SMILES string of the molecule is O=C(CC1CCOCC1)NC(Cc1ccncc1)C(=O)O. The molecule has 0 aromatic carbocycles. The molecule has 0 saturated carbocycles. The molecule has 1 aromatic heterocycles. The van der Waals surface area contributed by atoms with Crippen LogP contribution in [0.5, 0.6) is 0 Å². The molecule has 2 rings (SSSR count). The second kappa shape index (κ2) is 7.73. The van der Waals surface area contributed by atoms with Crippen molar-refractivity contribution in [2.45, 2.75) is 31.7 Å². The average molecular weight is 292 g/mol. The zero-order valence-corrected chi connectivity index (χ0v) is 11.8. The summed E-state index contributed by atoms with van der Waals surface area (Å²) in [5.74, 6) is -0.940. The van der Waals surface area contributed by atoms with Gasteiger partial charge in [0.05, 0.1) is 0 Å². The molecule has 2 heterocycles. The molecule has 2 N–H and O–H groups in total. The Hall–Kier alpha value is -1.95. The number of carbonyl (C=O) groups is 2. The number of ether oxygens (including phenoxy) is 1. The predicted molar refractivity (Wildman–Crippen MR) is 75.7 cm³/mol. The highest BCUT2D eigenvalue weighted by Gasteiger charge is 2.23.